The smallest absolute Gasteiger partial charge is 0.320 e. The van der Waals surface area contributed by atoms with Gasteiger partial charge in [0.25, 0.3) is 0 Å². The van der Waals surface area contributed by atoms with Gasteiger partial charge in [-0.05, 0) is 43.4 Å². The van der Waals surface area contributed by atoms with Crippen molar-refractivity contribution in [2.24, 2.45) is 5.92 Å². The van der Waals surface area contributed by atoms with Crippen LogP contribution in [0.5, 0.6) is 0 Å². The lowest BCUT2D eigenvalue weighted by molar-refractivity contribution is -0.161. The van der Waals surface area contributed by atoms with Gasteiger partial charge >= 0.3 is 11.9 Å². The number of anilines is 1. The van der Waals surface area contributed by atoms with E-state index in [0.717, 1.165) is 16.3 Å². The molecule has 0 saturated heterocycles. The fraction of sp³-hybridized carbons (Fsp3) is 0.375. The third-order valence-corrected chi connectivity index (χ3v) is 4.63. The maximum atomic E-state index is 12.5. The van der Waals surface area contributed by atoms with Crippen LogP contribution in [0.1, 0.15) is 50.0 Å². The first-order valence-corrected chi connectivity index (χ1v) is 10.4. The van der Waals surface area contributed by atoms with Gasteiger partial charge in [-0.2, -0.15) is 0 Å². The molecule has 2 aromatic rings. The minimum atomic E-state index is -0.990. The van der Waals surface area contributed by atoms with E-state index in [1.165, 1.54) is 0 Å². The number of esters is 2. The summed E-state index contributed by atoms with van der Waals surface area (Å²) in [5, 5.41) is 5.10. The maximum absolute atomic E-state index is 12.5. The fourth-order valence-corrected chi connectivity index (χ4v) is 3.37. The molecule has 6 heteroatoms. The zero-order valence-electron chi connectivity index (χ0n) is 18.0. The van der Waals surface area contributed by atoms with Crippen LogP contribution in [0.2, 0.25) is 0 Å². The Kier molecular flexibility index (Phi) is 8.59. The average Bonchev–Trinajstić information content (AvgIpc) is 2.76. The van der Waals surface area contributed by atoms with Crippen molar-refractivity contribution in [1.29, 1.82) is 0 Å². The van der Waals surface area contributed by atoms with Gasteiger partial charge in [-0.25, -0.2) is 0 Å². The molecule has 0 spiro atoms. The minimum Gasteiger partial charge on any atom is -0.465 e. The van der Waals surface area contributed by atoms with Gasteiger partial charge in [0.15, 0.2) is 11.7 Å². The molecule has 0 bridgehead atoms. The number of nitrogens with one attached hydrogen (secondary N) is 1. The van der Waals surface area contributed by atoms with Crippen LogP contribution in [-0.2, 0) is 19.1 Å². The van der Waals surface area contributed by atoms with E-state index >= 15 is 0 Å². The first-order valence-electron chi connectivity index (χ1n) is 10.4. The number of ketones is 1. The number of allylic oxidation sites excluding steroid dienone is 1. The Labute approximate surface area is 177 Å². The summed E-state index contributed by atoms with van der Waals surface area (Å²) in [5.41, 5.74) is 2.28. The second kappa shape index (κ2) is 11.1. The van der Waals surface area contributed by atoms with E-state index in [1.54, 1.807) is 19.9 Å². The first-order chi connectivity index (χ1) is 14.6. The molecule has 1 aliphatic rings. The van der Waals surface area contributed by atoms with Crippen molar-refractivity contribution in [2.45, 2.75) is 34.1 Å². The Balaban J connectivity index is 0.00000155. The SMILES string of the molecule is CC.CCOC(=O)C(CCNc1ccc2cccc3c2c1C(=O)C=C3)C(=O)OCC. The molecule has 0 aliphatic heterocycles. The fourth-order valence-electron chi connectivity index (χ4n) is 3.37. The number of hydrogen-bond acceptors (Lipinski definition) is 6. The standard InChI is InChI=1S/C22H23NO5.C2H6/c1-3-27-21(25)16(22(26)28-4-2)12-13-23-17-10-8-14-6-5-7-15-9-11-18(24)20(17)19(14)15;1-2/h5-11,16,23H,3-4,12-13H2,1-2H3;1-2H3. The maximum Gasteiger partial charge on any atom is 0.320 e. The molecular formula is C24H29NO5. The van der Waals surface area contributed by atoms with E-state index in [-0.39, 0.29) is 25.4 Å². The molecule has 0 radical (unpaired) electrons. The molecule has 2 aromatic carbocycles. The van der Waals surface area contributed by atoms with Crippen LogP contribution < -0.4 is 5.32 Å². The van der Waals surface area contributed by atoms with E-state index in [2.05, 4.69) is 5.32 Å². The highest BCUT2D eigenvalue weighted by molar-refractivity contribution is 6.23. The summed E-state index contributed by atoms with van der Waals surface area (Å²) in [4.78, 5) is 36.7. The van der Waals surface area contributed by atoms with Crippen LogP contribution in [0.4, 0.5) is 5.69 Å². The van der Waals surface area contributed by atoms with E-state index in [1.807, 2.05) is 50.3 Å². The first kappa shape index (κ1) is 23.1. The number of carbonyl (C=O) groups is 3. The van der Waals surface area contributed by atoms with Gasteiger partial charge in [-0.1, -0.05) is 44.2 Å². The number of carbonyl (C=O) groups excluding carboxylic acids is 3. The topological polar surface area (TPSA) is 81.7 Å². The summed E-state index contributed by atoms with van der Waals surface area (Å²) in [6, 6.07) is 9.69. The van der Waals surface area contributed by atoms with Crippen molar-refractivity contribution in [1.82, 2.24) is 0 Å². The van der Waals surface area contributed by atoms with Crippen molar-refractivity contribution >= 4 is 40.3 Å². The highest BCUT2D eigenvalue weighted by atomic mass is 16.6. The Hall–Kier alpha value is -3.15. The number of ether oxygens (including phenoxy) is 2. The summed E-state index contributed by atoms with van der Waals surface area (Å²) < 4.78 is 9.98. The van der Waals surface area contributed by atoms with Crippen molar-refractivity contribution in [3.8, 4) is 0 Å². The minimum absolute atomic E-state index is 0.0702. The summed E-state index contributed by atoms with van der Waals surface area (Å²) in [7, 11) is 0. The summed E-state index contributed by atoms with van der Waals surface area (Å²) in [6.45, 7) is 8.09. The quantitative estimate of drug-likeness (QED) is 0.504. The lowest BCUT2D eigenvalue weighted by Gasteiger charge is -2.18. The van der Waals surface area contributed by atoms with Crippen LogP contribution in [0.25, 0.3) is 16.8 Å². The van der Waals surface area contributed by atoms with Crippen LogP contribution >= 0.6 is 0 Å². The monoisotopic (exact) mass is 411 g/mol. The van der Waals surface area contributed by atoms with Gasteiger partial charge in [0.2, 0.25) is 0 Å². The van der Waals surface area contributed by atoms with E-state index in [4.69, 9.17) is 9.47 Å². The van der Waals surface area contributed by atoms with Crippen molar-refractivity contribution in [2.75, 3.05) is 25.1 Å². The highest BCUT2D eigenvalue weighted by Gasteiger charge is 2.29. The Bertz CT molecular complexity index is 930. The van der Waals surface area contributed by atoms with Crippen LogP contribution in [0, 0.1) is 5.92 Å². The predicted molar refractivity (Wildman–Crippen MR) is 119 cm³/mol. The Morgan fingerprint density at radius 2 is 1.63 bits per heavy atom. The van der Waals surface area contributed by atoms with E-state index in [0.29, 0.717) is 17.8 Å². The van der Waals surface area contributed by atoms with Crippen LogP contribution in [-0.4, -0.2) is 37.5 Å². The third-order valence-electron chi connectivity index (χ3n) is 4.63. The zero-order chi connectivity index (χ0) is 22.1. The lowest BCUT2D eigenvalue weighted by atomic mass is 9.91. The molecule has 30 heavy (non-hydrogen) atoms. The molecule has 0 saturated carbocycles. The van der Waals surface area contributed by atoms with Gasteiger partial charge < -0.3 is 14.8 Å². The molecule has 0 atom stereocenters. The number of benzene rings is 2. The Morgan fingerprint density at radius 1 is 0.967 bits per heavy atom. The molecule has 1 aliphatic carbocycles. The van der Waals surface area contributed by atoms with Crippen LogP contribution in [0.3, 0.4) is 0 Å². The van der Waals surface area contributed by atoms with Gasteiger partial charge in [0.05, 0.1) is 18.8 Å². The van der Waals surface area contributed by atoms with Crippen LogP contribution in [0.15, 0.2) is 36.4 Å². The number of rotatable bonds is 8. The second-order valence-electron chi connectivity index (χ2n) is 6.40. The second-order valence-corrected chi connectivity index (χ2v) is 6.40. The molecule has 6 nitrogen and oxygen atoms in total. The van der Waals surface area contributed by atoms with Gasteiger partial charge in [0.1, 0.15) is 0 Å². The van der Waals surface area contributed by atoms with Crippen molar-refractivity contribution < 1.29 is 23.9 Å². The zero-order valence-corrected chi connectivity index (χ0v) is 18.0. The molecule has 3 rings (SSSR count). The Morgan fingerprint density at radius 3 is 2.27 bits per heavy atom. The molecule has 0 heterocycles. The molecule has 160 valence electrons. The third kappa shape index (κ3) is 5.06. The van der Waals surface area contributed by atoms with Gasteiger partial charge in [-0.15, -0.1) is 0 Å². The predicted octanol–water partition coefficient (Wildman–Crippen LogP) is 4.62. The van der Waals surface area contributed by atoms with Crippen molar-refractivity contribution in [3.63, 3.8) is 0 Å². The molecule has 0 fully saturated rings. The molecular weight excluding hydrogens is 382 g/mol. The van der Waals surface area contributed by atoms with E-state index < -0.39 is 17.9 Å². The summed E-state index contributed by atoms with van der Waals surface area (Å²) >= 11 is 0. The normalized spacial score (nSPS) is 11.7. The largest absolute Gasteiger partial charge is 0.465 e. The van der Waals surface area contributed by atoms with E-state index in [9.17, 15) is 14.4 Å². The van der Waals surface area contributed by atoms with Gasteiger partial charge in [-0.3, -0.25) is 14.4 Å². The summed E-state index contributed by atoms with van der Waals surface area (Å²) in [5.74, 6) is -2.25. The van der Waals surface area contributed by atoms with Gasteiger partial charge in [0, 0.05) is 17.6 Å². The highest BCUT2D eigenvalue weighted by Crippen LogP contribution is 2.33. The number of hydrogen-bond donors (Lipinski definition) is 1. The molecule has 1 N–H and O–H groups in total. The lowest BCUT2D eigenvalue weighted by Crippen LogP contribution is -2.30. The summed E-state index contributed by atoms with van der Waals surface area (Å²) in [6.07, 6.45) is 3.59. The van der Waals surface area contributed by atoms with Crippen molar-refractivity contribution in [3.05, 3.63) is 47.5 Å². The molecule has 0 amide bonds. The molecule has 0 aromatic heterocycles. The average molecular weight is 411 g/mol. The molecule has 0 unspecified atom stereocenters.